The Morgan fingerprint density at radius 3 is 2.80 bits per heavy atom. The van der Waals surface area contributed by atoms with Crippen LogP contribution in [0.4, 0.5) is 21.7 Å². The number of halogens is 1. The van der Waals surface area contributed by atoms with E-state index in [4.69, 9.17) is 0 Å². The van der Waals surface area contributed by atoms with Gasteiger partial charge < -0.3 is 10.6 Å². The fraction of sp³-hybridized carbons (Fsp3) is 0.211. The van der Waals surface area contributed by atoms with Crippen molar-refractivity contribution in [3.63, 3.8) is 0 Å². The Hall–Kier alpha value is -3.20. The Labute approximate surface area is 145 Å². The second-order valence-electron chi connectivity index (χ2n) is 6.14. The van der Waals surface area contributed by atoms with Crippen LogP contribution in [0.3, 0.4) is 0 Å². The van der Waals surface area contributed by atoms with Gasteiger partial charge in [0.15, 0.2) is 17.5 Å². The number of hydrogen-bond acceptors (Lipinski definition) is 5. The zero-order chi connectivity index (χ0) is 17.8. The van der Waals surface area contributed by atoms with Crippen LogP contribution in [0.25, 0.3) is 10.9 Å². The highest BCUT2D eigenvalue weighted by Crippen LogP contribution is 2.25. The maximum Gasteiger partial charge on any atom is 0.166 e. The molecule has 25 heavy (non-hydrogen) atoms. The number of benzene rings is 1. The van der Waals surface area contributed by atoms with Crippen molar-refractivity contribution in [2.24, 2.45) is 5.92 Å². The van der Waals surface area contributed by atoms with E-state index < -0.39 is 5.82 Å². The zero-order valence-electron chi connectivity index (χ0n) is 14.0. The summed E-state index contributed by atoms with van der Waals surface area (Å²) in [6.45, 7) is 4.64. The maximum absolute atomic E-state index is 14.1. The predicted molar refractivity (Wildman–Crippen MR) is 97.3 cm³/mol. The van der Waals surface area contributed by atoms with Gasteiger partial charge in [0.25, 0.3) is 0 Å². The Morgan fingerprint density at radius 2 is 2.04 bits per heavy atom. The fourth-order valence-corrected chi connectivity index (χ4v) is 2.38. The van der Waals surface area contributed by atoms with Crippen LogP contribution < -0.4 is 10.6 Å². The molecule has 2 N–H and O–H groups in total. The molecule has 0 saturated heterocycles. The molecule has 0 aliphatic rings. The lowest BCUT2D eigenvalue weighted by Crippen LogP contribution is -2.12. The van der Waals surface area contributed by atoms with Gasteiger partial charge in [-0.05, 0) is 36.2 Å². The minimum atomic E-state index is -0.537. The first-order valence-corrected chi connectivity index (χ1v) is 8.03. The molecule has 5 nitrogen and oxygen atoms in total. The highest BCUT2D eigenvalue weighted by molar-refractivity contribution is 5.83. The maximum atomic E-state index is 14.1. The Kier molecular flexibility index (Phi) is 4.75. The third-order valence-corrected chi connectivity index (χ3v) is 3.64. The molecular weight excluding hydrogens is 317 g/mol. The first kappa shape index (κ1) is 16.7. The van der Waals surface area contributed by atoms with Crippen LogP contribution in [-0.4, -0.2) is 16.5 Å². The van der Waals surface area contributed by atoms with Crippen molar-refractivity contribution in [2.45, 2.75) is 13.8 Å². The van der Waals surface area contributed by atoms with Gasteiger partial charge in [0.05, 0.1) is 11.1 Å². The van der Waals surface area contributed by atoms with Crippen LogP contribution in [0.2, 0.25) is 0 Å². The van der Waals surface area contributed by atoms with E-state index in [0.717, 1.165) is 16.6 Å². The minimum Gasteiger partial charge on any atom is -0.367 e. The smallest absolute Gasteiger partial charge is 0.166 e. The van der Waals surface area contributed by atoms with Crippen molar-refractivity contribution in [3.05, 3.63) is 54.0 Å². The fourth-order valence-electron chi connectivity index (χ4n) is 2.38. The molecule has 1 aromatic carbocycles. The number of pyridine rings is 2. The van der Waals surface area contributed by atoms with Gasteiger partial charge >= 0.3 is 0 Å². The van der Waals surface area contributed by atoms with Crippen molar-refractivity contribution in [3.8, 4) is 6.07 Å². The first-order valence-electron chi connectivity index (χ1n) is 8.03. The third-order valence-electron chi connectivity index (χ3n) is 3.64. The van der Waals surface area contributed by atoms with Crippen molar-refractivity contribution in [1.29, 1.82) is 5.26 Å². The molecule has 0 aliphatic carbocycles. The standard InChI is InChI=1S/C19H18FN5/c1-12(2)11-23-19-16(20)9-14(10-21)18(25-19)24-15-5-6-17-13(8-15)4-3-7-22-17/h3-9,12H,11H2,1-2H3,(H2,23,24,25). The van der Waals surface area contributed by atoms with Gasteiger partial charge in [0.1, 0.15) is 6.07 Å². The molecule has 0 bridgehead atoms. The van der Waals surface area contributed by atoms with Crippen molar-refractivity contribution < 1.29 is 4.39 Å². The number of fused-ring (bicyclic) bond motifs is 1. The van der Waals surface area contributed by atoms with E-state index in [1.165, 1.54) is 6.07 Å². The summed E-state index contributed by atoms with van der Waals surface area (Å²) >= 11 is 0. The topological polar surface area (TPSA) is 73.6 Å². The van der Waals surface area contributed by atoms with Crippen LogP contribution in [0.15, 0.2) is 42.6 Å². The Bertz CT molecular complexity index is 946. The van der Waals surface area contributed by atoms with Crippen molar-refractivity contribution in [2.75, 3.05) is 17.2 Å². The normalized spacial score (nSPS) is 10.7. The second kappa shape index (κ2) is 7.14. The van der Waals surface area contributed by atoms with Crippen LogP contribution in [0, 0.1) is 23.1 Å². The van der Waals surface area contributed by atoms with E-state index in [0.29, 0.717) is 18.3 Å². The molecule has 6 heteroatoms. The molecule has 0 spiro atoms. The molecule has 0 radical (unpaired) electrons. The van der Waals surface area contributed by atoms with Crippen molar-refractivity contribution in [1.82, 2.24) is 9.97 Å². The van der Waals surface area contributed by atoms with Crippen LogP contribution >= 0.6 is 0 Å². The quantitative estimate of drug-likeness (QED) is 0.720. The van der Waals surface area contributed by atoms with Gasteiger partial charge in [-0.1, -0.05) is 19.9 Å². The van der Waals surface area contributed by atoms with Crippen molar-refractivity contribution >= 4 is 28.2 Å². The number of anilines is 3. The van der Waals surface area contributed by atoms with Gasteiger partial charge in [0, 0.05) is 23.8 Å². The molecule has 0 atom stereocenters. The molecule has 3 rings (SSSR count). The molecule has 0 fully saturated rings. The molecule has 0 saturated carbocycles. The minimum absolute atomic E-state index is 0.137. The summed E-state index contributed by atoms with van der Waals surface area (Å²) in [4.78, 5) is 8.53. The summed E-state index contributed by atoms with van der Waals surface area (Å²) in [6, 6.07) is 12.6. The average Bonchev–Trinajstić information content (AvgIpc) is 2.61. The highest BCUT2D eigenvalue weighted by atomic mass is 19.1. The van der Waals surface area contributed by atoms with Gasteiger partial charge in [-0.25, -0.2) is 9.37 Å². The lowest BCUT2D eigenvalue weighted by molar-refractivity contribution is 0.617. The molecule has 0 unspecified atom stereocenters. The molecule has 0 aliphatic heterocycles. The van der Waals surface area contributed by atoms with Crippen LogP contribution in [0.1, 0.15) is 19.4 Å². The van der Waals surface area contributed by atoms with Crippen LogP contribution in [0.5, 0.6) is 0 Å². The van der Waals surface area contributed by atoms with Gasteiger partial charge in [0.2, 0.25) is 0 Å². The monoisotopic (exact) mass is 335 g/mol. The van der Waals surface area contributed by atoms with E-state index in [-0.39, 0.29) is 11.4 Å². The summed E-state index contributed by atoms with van der Waals surface area (Å²) < 4.78 is 14.1. The molecule has 0 amide bonds. The molecule has 126 valence electrons. The summed E-state index contributed by atoms with van der Waals surface area (Å²) in [5, 5.41) is 16.3. The highest BCUT2D eigenvalue weighted by Gasteiger charge is 2.12. The average molecular weight is 335 g/mol. The van der Waals surface area contributed by atoms with Gasteiger partial charge in [-0.3, -0.25) is 4.98 Å². The lowest BCUT2D eigenvalue weighted by Gasteiger charge is -2.13. The Morgan fingerprint density at radius 1 is 1.20 bits per heavy atom. The van der Waals surface area contributed by atoms with E-state index in [2.05, 4.69) is 20.6 Å². The molecular formula is C19H18FN5. The second-order valence-corrected chi connectivity index (χ2v) is 6.14. The predicted octanol–water partition coefficient (Wildman–Crippen LogP) is 4.45. The number of nitriles is 1. The number of nitrogens with one attached hydrogen (secondary N) is 2. The van der Waals surface area contributed by atoms with Gasteiger partial charge in [-0.15, -0.1) is 0 Å². The molecule has 2 heterocycles. The SMILES string of the molecule is CC(C)CNc1nc(Nc2ccc3ncccc3c2)c(C#N)cc1F. The molecule has 2 aromatic heterocycles. The largest absolute Gasteiger partial charge is 0.367 e. The van der Waals surface area contributed by atoms with Crippen LogP contribution in [-0.2, 0) is 0 Å². The third kappa shape index (κ3) is 3.83. The van der Waals surface area contributed by atoms with E-state index in [9.17, 15) is 9.65 Å². The Balaban J connectivity index is 1.94. The van der Waals surface area contributed by atoms with E-state index >= 15 is 0 Å². The van der Waals surface area contributed by atoms with E-state index in [1.54, 1.807) is 6.20 Å². The summed E-state index contributed by atoms with van der Waals surface area (Å²) in [7, 11) is 0. The number of nitrogens with zero attached hydrogens (tertiary/aromatic N) is 3. The summed E-state index contributed by atoms with van der Waals surface area (Å²) in [5.41, 5.74) is 1.78. The zero-order valence-corrected chi connectivity index (χ0v) is 14.0. The summed E-state index contributed by atoms with van der Waals surface area (Å²) in [5.74, 6) is 0.266. The first-order chi connectivity index (χ1) is 12.1. The molecule has 3 aromatic rings. The number of rotatable bonds is 5. The lowest BCUT2D eigenvalue weighted by atomic mass is 10.2. The summed E-state index contributed by atoms with van der Waals surface area (Å²) in [6.07, 6.45) is 1.73. The van der Waals surface area contributed by atoms with Gasteiger partial charge in [-0.2, -0.15) is 5.26 Å². The number of aromatic nitrogens is 2. The van der Waals surface area contributed by atoms with E-state index in [1.807, 2.05) is 50.2 Å². The number of hydrogen-bond donors (Lipinski definition) is 2.